The highest BCUT2D eigenvalue weighted by Gasteiger charge is 2.17. The van der Waals surface area contributed by atoms with E-state index in [0.29, 0.717) is 6.61 Å². The number of nitrogens with zero attached hydrogens (tertiary/aromatic N) is 3. The molecule has 0 saturated carbocycles. The lowest BCUT2D eigenvalue weighted by Crippen LogP contribution is -2.47. The molecule has 136 valence electrons. The minimum Gasteiger partial charge on any atom is -0.461 e. The van der Waals surface area contributed by atoms with Crippen LogP contribution in [-0.2, 0) is 9.53 Å². The van der Waals surface area contributed by atoms with Crippen molar-refractivity contribution < 1.29 is 9.53 Å². The molecule has 0 unspecified atom stereocenters. The molecule has 1 aromatic carbocycles. The molecule has 1 aromatic heterocycles. The largest absolute Gasteiger partial charge is 0.461 e. The van der Waals surface area contributed by atoms with E-state index in [2.05, 4.69) is 14.8 Å². The van der Waals surface area contributed by atoms with Crippen LogP contribution in [0.25, 0.3) is 6.08 Å². The summed E-state index contributed by atoms with van der Waals surface area (Å²) in [4.78, 5) is 20.4. The number of carbonyl (C=O) groups is 1. The van der Waals surface area contributed by atoms with Gasteiger partial charge in [0, 0.05) is 61.9 Å². The van der Waals surface area contributed by atoms with Gasteiger partial charge in [0.25, 0.3) is 0 Å². The van der Waals surface area contributed by atoms with Crippen LogP contribution in [0.1, 0.15) is 5.56 Å². The van der Waals surface area contributed by atoms with Gasteiger partial charge in [-0.1, -0.05) is 17.7 Å². The van der Waals surface area contributed by atoms with Crippen molar-refractivity contribution in [2.45, 2.75) is 0 Å². The second-order valence-corrected chi connectivity index (χ2v) is 6.53. The number of esters is 1. The number of piperazine rings is 1. The van der Waals surface area contributed by atoms with E-state index >= 15 is 0 Å². The molecule has 0 amide bonds. The van der Waals surface area contributed by atoms with Crippen molar-refractivity contribution in [3.63, 3.8) is 0 Å². The van der Waals surface area contributed by atoms with Gasteiger partial charge in [-0.25, -0.2) is 4.79 Å². The van der Waals surface area contributed by atoms with Crippen LogP contribution in [-0.4, -0.2) is 55.2 Å². The lowest BCUT2D eigenvalue weighted by atomic mass is 10.2. The molecule has 2 heterocycles. The first-order valence-corrected chi connectivity index (χ1v) is 9.06. The van der Waals surface area contributed by atoms with Crippen LogP contribution in [0.15, 0.2) is 54.9 Å². The van der Waals surface area contributed by atoms with Crippen molar-refractivity contribution >= 4 is 29.3 Å². The molecular weight excluding hydrogens is 350 g/mol. The number of rotatable bonds is 6. The highest BCUT2D eigenvalue weighted by atomic mass is 35.5. The first-order chi connectivity index (χ1) is 12.7. The quantitative estimate of drug-likeness (QED) is 0.576. The van der Waals surface area contributed by atoms with Crippen LogP contribution < -0.4 is 4.90 Å². The number of anilines is 1. The molecule has 1 aliphatic heterocycles. The summed E-state index contributed by atoms with van der Waals surface area (Å²) in [5.74, 6) is -0.325. The second kappa shape index (κ2) is 9.36. The molecule has 0 spiro atoms. The fraction of sp³-hybridized carbons (Fsp3) is 0.300. The number of hydrogen-bond acceptors (Lipinski definition) is 5. The zero-order valence-electron chi connectivity index (χ0n) is 14.6. The van der Waals surface area contributed by atoms with Gasteiger partial charge in [0.2, 0.25) is 0 Å². The predicted octanol–water partition coefficient (Wildman–Crippen LogP) is 3.11. The third kappa shape index (κ3) is 5.58. The Morgan fingerprint density at radius 2 is 1.92 bits per heavy atom. The number of ether oxygens (including phenoxy) is 1. The second-order valence-electron chi connectivity index (χ2n) is 6.09. The van der Waals surface area contributed by atoms with E-state index in [1.807, 2.05) is 36.4 Å². The van der Waals surface area contributed by atoms with Crippen LogP contribution in [0.5, 0.6) is 0 Å². The fourth-order valence-corrected chi connectivity index (χ4v) is 2.97. The number of pyridine rings is 1. The Kier molecular flexibility index (Phi) is 6.63. The SMILES string of the molecule is O=C(C=Cc1cccnc1)OCCN1CCN(c2ccc(Cl)cc2)CC1. The van der Waals surface area contributed by atoms with Gasteiger partial charge in [-0.05, 0) is 42.0 Å². The molecule has 26 heavy (non-hydrogen) atoms. The molecular formula is C20H22ClN3O2. The Bertz CT molecular complexity index is 726. The predicted molar refractivity (Wildman–Crippen MR) is 104 cm³/mol. The number of carbonyl (C=O) groups excluding carboxylic acids is 1. The summed E-state index contributed by atoms with van der Waals surface area (Å²) in [5, 5.41) is 0.756. The molecule has 0 bridgehead atoms. The molecule has 0 atom stereocenters. The van der Waals surface area contributed by atoms with Crippen molar-refractivity contribution in [3.05, 3.63) is 65.5 Å². The average molecular weight is 372 g/mol. The van der Waals surface area contributed by atoms with Crippen LogP contribution in [0.2, 0.25) is 5.02 Å². The average Bonchev–Trinajstić information content (AvgIpc) is 2.68. The highest BCUT2D eigenvalue weighted by Crippen LogP contribution is 2.19. The Morgan fingerprint density at radius 1 is 1.15 bits per heavy atom. The Balaban J connectivity index is 1.35. The summed E-state index contributed by atoms with van der Waals surface area (Å²) >= 11 is 5.94. The molecule has 1 fully saturated rings. The number of benzene rings is 1. The molecule has 6 heteroatoms. The standard InChI is InChI=1S/C20H22ClN3O2/c21-18-4-6-19(7-5-18)24-12-10-23(11-13-24)14-15-26-20(25)8-3-17-2-1-9-22-16-17/h1-9,16H,10-15H2. The van der Waals surface area contributed by atoms with Gasteiger partial charge >= 0.3 is 5.97 Å². The summed E-state index contributed by atoms with van der Waals surface area (Å²) < 4.78 is 5.28. The van der Waals surface area contributed by atoms with Gasteiger partial charge in [-0.3, -0.25) is 9.88 Å². The van der Waals surface area contributed by atoms with Crippen molar-refractivity contribution in [1.29, 1.82) is 0 Å². The van der Waals surface area contributed by atoms with E-state index in [-0.39, 0.29) is 5.97 Å². The van der Waals surface area contributed by atoms with Gasteiger partial charge < -0.3 is 9.64 Å². The van der Waals surface area contributed by atoms with Crippen molar-refractivity contribution in [3.8, 4) is 0 Å². The van der Waals surface area contributed by atoms with E-state index in [4.69, 9.17) is 16.3 Å². The zero-order chi connectivity index (χ0) is 18.2. The lowest BCUT2D eigenvalue weighted by molar-refractivity contribution is -0.138. The van der Waals surface area contributed by atoms with Crippen LogP contribution in [0.3, 0.4) is 0 Å². The molecule has 0 N–H and O–H groups in total. The van der Waals surface area contributed by atoms with Gasteiger partial charge in [-0.2, -0.15) is 0 Å². The van der Waals surface area contributed by atoms with Crippen LogP contribution in [0.4, 0.5) is 5.69 Å². The maximum Gasteiger partial charge on any atom is 0.330 e. The molecule has 5 nitrogen and oxygen atoms in total. The van der Waals surface area contributed by atoms with E-state index in [9.17, 15) is 4.79 Å². The topological polar surface area (TPSA) is 45.7 Å². The summed E-state index contributed by atoms with van der Waals surface area (Å²) in [6, 6.07) is 11.7. The Morgan fingerprint density at radius 3 is 2.62 bits per heavy atom. The van der Waals surface area contributed by atoms with Crippen LogP contribution in [0, 0.1) is 0 Å². The summed E-state index contributed by atoms with van der Waals surface area (Å²) in [5.41, 5.74) is 2.07. The van der Waals surface area contributed by atoms with Crippen molar-refractivity contribution in [1.82, 2.24) is 9.88 Å². The van der Waals surface area contributed by atoms with E-state index in [1.165, 1.54) is 11.8 Å². The first-order valence-electron chi connectivity index (χ1n) is 8.68. The van der Waals surface area contributed by atoms with Crippen molar-refractivity contribution in [2.24, 2.45) is 0 Å². The molecule has 0 aliphatic carbocycles. The Labute approximate surface area is 158 Å². The summed E-state index contributed by atoms with van der Waals surface area (Å²) in [7, 11) is 0. The highest BCUT2D eigenvalue weighted by molar-refractivity contribution is 6.30. The first kappa shape index (κ1) is 18.4. The van der Waals surface area contributed by atoms with E-state index < -0.39 is 0 Å². The van der Waals surface area contributed by atoms with E-state index in [1.54, 1.807) is 18.5 Å². The fourth-order valence-electron chi connectivity index (χ4n) is 2.84. The minimum absolute atomic E-state index is 0.325. The van der Waals surface area contributed by atoms with Crippen LogP contribution >= 0.6 is 11.6 Å². The molecule has 3 rings (SSSR count). The summed E-state index contributed by atoms with van der Waals surface area (Å²) in [6.07, 6.45) is 6.54. The third-order valence-electron chi connectivity index (χ3n) is 4.31. The number of halogens is 1. The third-order valence-corrected chi connectivity index (χ3v) is 4.56. The maximum absolute atomic E-state index is 11.8. The molecule has 2 aromatic rings. The van der Waals surface area contributed by atoms with Crippen molar-refractivity contribution in [2.75, 3.05) is 44.2 Å². The number of hydrogen-bond donors (Lipinski definition) is 0. The smallest absolute Gasteiger partial charge is 0.330 e. The maximum atomic E-state index is 11.8. The van der Waals surface area contributed by atoms with Gasteiger partial charge in [0.05, 0.1) is 0 Å². The molecule has 1 aliphatic rings. The zero-order valence-corrected chi connectivity index (χ0v) is 15.3. The molecule has 0 radical (unpaired) electrons. The minimum atomic E-state index is -0.325. The number of aromatic nitrogens is 1. The van der Waals surface area contributed by atoms with Gasteiger partial charge in [0.15, 0.2) is 0 Å². The lowest BCUT2D eigenvalue weighted by Gasteiger charge is -2.35. The monoisotopic (exact) mass is 371 g/mol. The summed E-state index contributed by atoms with van der Waals surface area (Å²) in [6.45, 7) is 4.96. The van der Waals surface area contributed by atoms with E-state index in [0.717, 1.165) is 43.3 Å². The van der Waals surface area contributed by atoms with Gasteiger partial charge in [0.1, 0.15) is 6.61 Å². The normalized spacial score (nSPS) is 15.3. The Hall–Kier alpha value is -2.37. The van der Waals surface area contributed by atoms with Gasteiger partial charge in [-0.15, -0.1) is 0 Å². The molecule has 1 saturated heterocycles.